The first-order valence-corrected chi connectivity index (χ1v) is 7.62. The van der Waals surface area contributed by atoms with Crippen molar-refractivity contribution in [2.45, 2.75) is 24.0 Å². The lowest BCUT2D eigenvalue weighted by Gasteiger charge is -2.13. The molecule has 7 nitrogen and oxygen atoms in total. The lowest BCUT2D eigenvalue weighted by atomic mass is 10.3. The third-order valence-electron chi connectivity index (χ3n) is 2.71. The van der Waals surface area contributed by atoms with Gasteiger partial charge in [0.05, 0.1) is 10.6 Å². The Morgan fingerprint density at radius 1 is 1.38 bits per heavy atom. The smallest absolute Gasteiger partial charge is 0.321 e. The van der Waals surface area contributed by atoms with Gasteiger partial charge in [-0.3, -0.25) is 10.1 Å². The molecule has 9 heteroatoms. The molecule has 0 aromatic heterocycles. The van der Waals surface area contributed by atoms with Crippen molar-refractivity contribution in [1.29, 1.82) is 0 Å². The Morgan fingerprint density at radius 2 is 2.00 bits per heavy atom. The molecule has 0 spiro atoms. The number of hydrogen-bond acceptors (Lipinski definition) is 5. The van der Waals surface area contributed by atoms with Gasteiger partial charge in [-0.25, -0.2) is 17.6 Å². The number of nitrogens with one attached hydrogen (secondary N) is 2. The summed E-state index contributed by atoms with van der Waals surface area (Å²) in [6.45, 7) is 3.03. The zero-order valence-electron chi connectivity index (χ0n) is 11.5. The summed E-state index contributed by atoms with van der Waals surface area (Å²) in [5.74, 6) is -1.90. The van der Waals surface area contributed by atoms with Crippen LogP contribution in [0.2, 0.25) is 0 Å². The molecule has 0 saturated carbocycles. The summed E-state index contributed by atoms with van der Waals surface area (Å²) in [6, 6.07) is 2.13. The van der Waals surface area contributed by atoms with E-state index in [-0.39, 0.29) is 17.1 Å². The zero-order chi connectivity index (χ0) is 16.2. The van der Waals surface area contributed by atoms with Gasteiger partial charge in [0.2, 0.25) is 5.91 Å². The van der Waals surface area contributed by atoms with Crippen LogP contribution in [0.4, 0.5) is 14.9 Å². The molecular weight excluding hydrogens is 301 g/mol. The fourth-order valence-electron chi connectivity index (χ4n) is 1.45. The normalized spacial score (nSPS) is 12.5. The van der Waals surface area contributed by atoms with Gasteiger partial charge >= 0.3 is 6.03 Å². The Kier molecular flexibility index (Phi) is 5.25. The van der Waals surface area contributed by atoms with E-state index in [4.69, 9.17) is 5.73 Å². The maximum Gasteiger partial charge on any atom is 0.321 e. The number of anilines is 1. The number of nitrogens with two attached hydrogens (primary N) is 1. The summed E-state index contributed by atoms with van der Waals surface area (Å²) < 4.78 is 37.7. The summed E-state index contributed by atoms with van der Waals surface area (Å²) in [4.78, 5) is 22.6. The molecule has 1 atom stereocenters. The van der Waals surface area contributed by atoms with Gasteiger partial charge in [-0.1, -0.05) is 0 Å². The number of amides is 3. The van der Waals surface area contributed by atoms with E-state index in [2.05, 4.69) is 5.32 Å². The van der Waals surface area contributed by atoms with E-state index in [1.807, 2.05) is 5.32 Å². The fourth-order valence-corrected chi connectivity index (χ4v) is 2.72. The highest BCUT2D eigenvalue weighted by Gasteiger charge is 2.31. The standard InChI is InChI=1S/C12H16FN3O4S/c1-3-15-12(18)16-11(17)7(2)21(19,20)8-4-5-10(14)9(13)6-8/h4-7H,3,14H2,1-2H3,(H2,15,16,17,18). The number of carbonyl (C=O) groups is 2. The minimum atomic E-state index is -4.13. The zero-order valence-corrected chi connectivity index (χ0v) is 12.3. The van der Waals surface area contributed by atoms with Crippen LogP contribution in [-0.4, -0.2) is 32.2 Å². The highest BCUT2D eigenvalue weighted by atomic mass is 32.2. The Balaban J connectivity index is 2.98. The predicted molar refractivity (Wildman–Crippen MR) is 74.7 cm³/mol. The molecular formula is C12H16FN3O4S. The predicted octanol–water partition coefficient (Wildman–Crippen LogP) is 0.416. The van der Waals surface area contributed by atoms with E-state index < -0.39 is 32.8 Å². The molecule has 1 aromatic rings. The highest BCUT2D eigenvalue weighted by molar-refractivity contribution is 7.92. The number of halogens is 1. The minimum Gasteiger partial charge on any atom is -0.396 e. The van der Waals surface area contributed by atoms with Crippen molar-refractivity contribution in [2.24, 2.45) is 0 Å². The van der Waals surface area contributed by atoms with Gasteiger partial charge < -0.3 is 11.1 Å². The number of urea groups is 1. The van der Waals surface area contributed by atoms with Crippen molar-refractivity contribution in [3.63, 3.8) is 0 Å². The van der Waals surface area contributed by atoms with Crippen LogP contribution in [0.25, 0.3) is 0 Å². The molecule has 21 heavy (non-hydrogen) atoms. The second kappa shape index (κ2) is 6.53. The van der Waals surface area contributed by atoms with Gasteiger partial charge in [0.1, 0.15) is 11.1 Å². The molecule has 0 saturated heterocycles. The molecule has 4 N–H and O–H groups in total. The first kappa shape index (κ1) is 16.9. The van der Waals surface area contributed by atoms with Crippen LogP contribution in [0.3, 0.4) is 0 Å². The second-order valence-electron chi connectivity index (χ2n) is 4.22. The Labute approximate surface area is 121 Å². The SMILES string of the molecule is CCNC(=O)NC(=O)C(C)S(=O)(=O)c1ccc(N)c(F)c1. The topological polar surface area (TPSA) is 118 Å². The molecule has 3 amide bonds. The van der Waals surface area contributed by atoms with Crippen molar-refractivity contribution in [3.05, 3.63) is 24.0 Å². The van der Waals surface area contributed by atoms with Crippen LogP contribution in [0.1, 0.15) is 13.8 Å². The summed E-state index contributed by atoms with van der Waals surface area (Å²) in [6.07, 6.45) is 0. The molecule has 0 bridgehead atoms. The highest BCUT2D eigenvalue weighted by Crippen LogP contribution is 2.20. The lowest BCUT2D eigenvalue weighted by molar-refractivity contribution is -0.119. The van der Waals surface area contributed by atoms with Crippen LogP contribution >= 0.6 is 0 Å². The Bertz CT molecular complexity index is 660. The average molecular weight is 317 g/mol. The van der Waals surface area contributed by atoms with Gasteiger partial charge in [0.25, 0.3) is 0 Å². The largest absolute Gasteiger partial charge is 0.396 e. The van der Waals surface area contributed by atoms with Crippen LogP contribution in [0.5, 0.6) is 0 Å². The number of benzene rings is 1. The monoisotopic (exact) mass is 317 g/mol. The number of hydrogen-bond donors (Lipinski definition) is 3. The number of sulfone groups is 1. The molecule has 0 fully saturated rings. The van der Waals surface area contributed by atoms with E-state index in [1.165, 1.54) is 0 Å². The lowest BCUT2D eigenvalue weighted by Crippen LogP contribution is -2.45. The van der Waals surface area contributed by atoms with Gasteiger partial charge in [0, 0.05) is 6.54 Å². The van der Waals surface area contributed by atoms with Gasteiger partial charge in [-0.2, -0.15) is 0 Å². The number of rotatable bonds is 4. The van der Waals surface area contributed by atoms with Crippen molar-refractivity contribution < 1.29 is 22.4 Å². The van der Waals surface area contributed by atoms with Gasteiger partial charge in [0.15, 0.2) is 9.84 Å². The third-order valence-corrected chi connectivity index (χ3v) is 4.77. The van der Waals surface area contributed by atoms with Crippen molar-refractivity contribution in [2.75, 3.05) is 12.3 Å². The summed E-state index contributed by atoms with van der Waals surface area (Å²) >= 11 is 0. The molecule has 0 radical (unpaired) electrons. The molecule has 1 rings (SSSR count). The molecule has 0 heterocycles. The fraction of sp³-hybridized carbons (Fsp3) is 0.333. The number of nitrogen functional groups attached to an aromatic ring is 1. The van der Waals surface area contributed by atoms with Crippen LogP contribution in [-0.2, 0) is 14.6 Å². The first-order valence-electron chi connectivity index (χ1n) is 6.07. The quantitative estimate of drug-likeness (QED) is 0.695. The maximum absolute atomic E-state index is 13.3. The summed E-state index contributed by atoms with van der Waals surface area (Å²) in [7, 11) is -4.13. The first-order chi connectivity index (χ1) is 9.70. The molecule has 116 valence electrons. The molecule has 1 aromatic carbocycles. The third kappa shape index (κ3) is 3.91. The van der Waals surface area contributed by atoms with Crippen molar-refractivity contribution in [3.8, 4) is 0 Å². The van der Waals surface area contributed by atoms with E-state index in [9.17, 15) is 22.4 Å². The number of carbonyl (C=O) groups excluding carboxylic acids is 2. The van der Waals surface area contributed by atoms with E-state index >= 15 is 0 Å². The van der Waals surface area contributed by atoms with Crippen LogP contribution in [0, 0.1) is 5.82 Å². The minimum absolute atomic E-state index is 0.201. The molecule has 0 aliphatic rings. The molecule has 1 unspecified atom stereocenters. The summed E-state index contributed by atoms with van der Waals surface area (Å²) in [5.41, 5.74) is 5.06. The maximum atomic E-state index is 13.3. The Hall–Kier alpha value is -2.16. The number of imide groups is 1. The van der Waals surface area contributed by atoms with Gasteiger partial charge in [-0.05, 0) is 32.0 Å². The van der Waals surface area contributed by atoms with E-state index in [0.29, 0.717) is 0 Å². The van der Waals surface area contributed by atoms with Crippen molar-refractivity contribution in [1.82, 2.24) is 10.6 Å². The van der Waals surface area contributed by atoms with E-state index in [0.717, 1.165) is 25.1 Å². The Morgan fingerprint density at radius 3 is 2.52 bits per heavy atom. The average Bonchev–Trinajstić information content (AvgIpc) is 2.40. The van der Waals surface area contributed by atoms with Crippen LogP contribution in [0.15, 0.2) is 23.1 Å². The van der Waals surface area contributed by atoms with E-state index in [1.54, 1.807) is 6.92 Å². The van der Waals surface area contributed by atoms with Crippen LogP contribution < -0.4 is 16.4 Å². The van der Waals surface area contributed by atoms with Gasteiger partial charge in [-0.15, -0.1) is 0 Å². The molecule has 0 aliphatic heterocycles. The van der Waals surface area contributed by atoms with Crippen molar-refractivity contribution >= 4 is 27.5 Å². The summed E-state index contributed by atoms with van der Waals surface area (Å²) in [5, 5.41) is 2.64. The second-order valence-corrected chi connectivity index (χ2v) is 6.49. The molecule has 0 aliphatic carbocycles.